The van der Waals surface area contributed by atoms with Crippen LogP contribution in [0.4, 0.5) is 4.39 Å². The molecule has 0 aliphatic carbocycles. The van der Waals surface area contributed by atoms with Crippen LogP contribution in [0.15, 0.2) is 48.7 Å². The maximum atomic E-state index is 13.3. The van der Waals surface area contributed by atoms with Crippen molar-refractivity contribution in [2.24, 2.45) is 0 Å². The van der Waals surface area contributed by atoms with Gasteiger partial charge in [-0.1, -0.05) is 37.6 Å². The summed E-state index contributed by atoms with van der Waals surface area (Å²) in [4.78, 5) is 15.3. The predicted molar refractivity (Wildman–Crippen MR) is 99.4 cm³/mol. The zero-order valence-corrected chi connectivity index (χ0v) is 15.0. The van der Waals surface area contributed by atoms with Crippen LogP contribution in [0.5, 0.6) is 0 Å². The summed E-state index contributed by atoms with van der Waals surface area (Å²) in [5.41, 5.74) is 2.44. The lowest BCUT2D eigenvalue weighted by atomic mass is 9.84. The third kappa shape index (κ3) is 4.02. The van der Waals surface area contributed by atoms with Gasteiger partial charge in [-0.05, 0) is 41.5 Å². The molecule has 25 heavy (non-hydrogen) atoms. The van der Waals surface area contributed by atoms with Crippen LogP contribution < -0.4 is 5.32 Å². The van der Waals surface area contributed by atoms with Crippen LogP contribution in [0.2, 0.25) is 5.02 Å². The monoisotopic (exact) mass is 358 g/mol. The lowest BCUT2D eigenvalue weighted by Gasteiger charge is -2.25. The van der Waals surface area contributed by atoms with Crippen molar-refractivity contribution < 1.29 is 9.18 Å². The first-order valence-corrected chi connectivity index (χ1v) is 8.51. The summed E-state index contributed by atoms with van der Waals surface area (Å²) in [5.74, 6) is -0.309. The van der Waals surface area contributed by atoms with Gasteiger partial charge < -0.3 is 10.3 Å². The third-order valence-electron chi connectivity index (χ3n) is 4.38. The first-order chi connectivity index (χ1) is 11.8. The zero-order chi connectivity index (χ0) is 18.0. The molecule has 0 bridgehead atoms. The Bertz CT molecular complexity index is 900. The summed E-state index contributed by atoms with van der Waals surface area (Å²) in [6.45, 7) is 4.60. The summed E-state index contributed by atoms with van der Waals surface area (Å²) in [7, 11) is 0. The van der Waals surface area contributed by atoms with Crippen LogP contribution in [0.1, 0.15) is 25.0 Å². The fraction of sp³-hybridized carbons (Fsp3) is 0.250. The number of fused-ring (bicyclic) bond motifs is 1. The van der Waals surface area contributed by atoms with E-state index in [0.717, 1.165) is 22.0 Å². The van der Waals surface area contributed by atoms with E-state index in [-0.39, 0.29) is 17.1 Å². The van der Waals surface area contributed by atoms with Gasteiger partial charge in [0.2, 0.25) is 5.91 Å². The number of nitrogens with one attached hydrogen (secondary N) is 2. The molecule has 0 aliphatic heterocycles. The van der Waals surface area contributed by atoms with E-state index in [1.54, 1.807) is 18.2 Å². The Balaban J connectivity index is 1.68. The van der Waals surface area contributed by atoms with Crippen molar-refractivity contribution in [3.8, 4) is 0 Å². The van der Waals surface area contributed by atoms with Gasteiger partial charge in [0.25, 0.3) is 0 Å². The standard InChI is InChI=1S/C20H20ClFN2O/c1-20(2,17-11-23-18-10-15(22)7-8-16(17)18)12-24-19(25)9-13-3-5-14(21)6-4-13/h3-8,10-11,23H,9,12H2,1-2H3,(H,24,25). The Morgan fingerprint density at radius 1 is 1.20 bits per heavy atom. The number of aromatic amines is 1. The van der Waals surface area contributed by atoms with E-state index >= 15 is 0 Å². The molecule has 0 radical (unpaired) electrons. The quantitative estimate of drug-likeness (QED) is 0.688. The molecule has 3 aromatic rings. The number of benzene rings is 2. The first kappa shape index (κ1) is 17.5. The second-order valence-corrected chi connectivity index (χ2v) is 7.29. The van der Waals surface area contributed by atoms with Crippen molar-refractivity contribution in [3.63, 3.8) is 0 Å². The van der Waals surface area contributed by atoms with Crippen LogP contribution in [-0.4, -0.2) is 17.4 Å². The number of carbonyl (C=O) groups excluding carboxylic acids is 1. The number of rotatable bonds is 5. The SMILES string of the molecule is CC(C)(CNC(=O)Cc1ccc(Cl)cc1)c1c[nH]c2cc(F)ccc12. The molecule has 130 valence electrons. The summed E-state index contributed by atoms with van der Waals surface area (Å²) in [5, 5.41) is 4.61. The molecule has 3 rings (SSSR count). The normalized spacial score (nSPS) is 11.7. The number of aromatic nitrogens is 1. The minimum absolute atomic E-state index is 0.0405. The molecule has 0 fully saturated rings. The van der Waals surface area contributed by atoms with Crippen LogP contribution >= 0.6 is 11.6 Å². The van der Waals surface area contributed by atoms with Gasteiger partial charge in [-0.3, -0.25) is 4.79 Å². The Kier molecular flexibility index (Phi) is 4.82. The molecule has 1 amide bonds. The van der Waals surface area contributed by atoms with E-state index in [2.05, 4.69) is 24.1 Å². The van der Waals surface area contributed by atoms with Crippen LogP contribution in [0, 0.1) is 5.82 Å². The Hall–Kier alpha value is -2.33. The van der Waals surface area contributed by atoms with E-state index < -0.39 is 0 Å². The van der Waals surface area contributed by atoms with Crippen LogP contribution in [0.3, 0.4) is 0 Å². The Morgan fingerprint density at radius 2 is 1.92 bits per heavy atom. The molecule has 0 saturated carbocycles. The average molecular weight is 359 g/mol. The second-order valence-electron chi connectivity index (χ2n) is 6.86. The number of H-pyrrole nitrogens is 1. The highest BCUT2D eigenvalue weighted by atomic mass is 35.5. The van der Waals surface area contributed by atoms with Crippen molar-refractivity contribution >= 4 is 28.4 Å². The van der Waals surface area contributed by atoms with E-state index in [1.165, 1.54) is 12.1 Å². The summed E-state index contributed by atoms with van der Waals surface area (Å²) < 4.78 is 13.3. The topological polar surface area (TPSA) is 44.9 Å². The highest BCUT2D eigenvalue weighted by Gasteiger charge is 2.24. The molecule has 3 nitrogen and oxygen atoms in total. The van der Waals surface area contributed by atoms with Crippen molar-refractivity contribution in [2.45, 2.75) is 25.7 Å². The third-order valence-corrected chi connectivity index (χ3v) is 4.63. The second kappa shape index (κ2) is 6.89. The van der Waals surface area contributed by atoms with Gasteiger partial charge in [-0.2, -0.15) is 0 Å². The van der Waals surface area contributed by atoms with Gasteiger partial charge >= 0.3 is 0 Å². The Morgan fingerprint density at radius 3 is 2.64 bits per heavy atom. The van der Waals surface area contributed by atoms with Gasteiger partial charge in [-0.25, -0.2) is 4.39 Å². The van der Waals surface area contributed by atoms with Gasteiger partial charge in [0.15, 0.2) is 0 Å². The van der Waals surface area contributed by atoms with Crippen molar-refractivity contribution in [1.29, 1.82) is 0 Å². The van der Waals surface area contributed by atoms with Gasteiger partial charge in [0.1, 0.15) is 5.82 Å². The Labute approximate surface area is 151 Å². The molecule has 2 aromatic carbocycles. The summed E-state index contributed by atoms with van der Waals surface area (Å²) in [6.07, 6.45) is 2.20. The minimum Gasteiger partial charge on any atom is -0.361 e. The molecule has 0 atom stereocenters. The van der Waals surface area contributed by atoms with Gasteiger partial charge in [0, 0.05) is 34.1 Å². The fourth-order valence-corrected chi connectivity index (χ4v) is 3.05. The predicted octanol–water partition coefficient (Wildman–Crippen LogP) is 4.60. The molecular weight excluding hydrogens is 339 g/mol. The number of carbonyl (C=O) groups is 1. The fourth-order valence-electron chi connectivity index (χ4n) is 2.92. The van der Waals surface area contributed by atoms with Crippen molar-refractivity contribution in [3.05, 3.63) is 70.6 Å². The highest BCUT2D eigenvalue weighted by molar-refractivity contribution is 6.30. The molecular formula is C20H20ClFN2O. The average Bonchev–Trinajstić information content (AvgIpc) is 2.99. The van der Waals surface area contributed by atoms with Crippen LogP contribution in [0.25, 0.3) is 10.9 Å². The highest BCUT2D eigenvalue weighted by Crippen LogP contribution is 2.30. The number of hydrogen-bond acceptors (Lipinski definition) is 1. The molecule has 5 heteroatoms. The molecule has 0 spiro atoms. The zero-order valence-electron chi connectivity index (χ0n) is 14.2. The lowest BCUT2D eigenvalue weighted by molar-refractivity contribution is -0.120. The molecule has 0 unspecified atom stereocenters. The smallest absolute Gasteiger partial charge is 0.224 e. The maximum absolute atomic E-state index is 13.3. The van der Waals surface area contributed by atoms with Crippen LogP contribution in [-0.2, 0) is 16.6 Å². The summed E-state index contributed by atoms with van der Waals surface area (Å²) >= 11 is 5.86. The largest absolute Gasteiger partial charge is 0.361 e. The molecule has 1 aromatic heterocycles. The van der Waals surface area contributed by atoms with E-state index in [0.29, 0.717) is 18.0 Å². The van der Waals surface area contributed by atoms with Gasteiger partial charge in [-0.15, -0.1) is 0 Å². The molecule has 0 aliphatic rings. The number of amides is 1. The first-order valence-electron chi connectivity index (χ1n) is 8.13. The maximum Gasteiger partial charge on any atom is 0.224 e. The molecule has 1 heterocycles. The van der Waals surface area contributed by atoms with E-state index in [1.807, 2.05) is 18.3 Å². The number of hydrogen-bond donors (Lipinski definition) is 2. The van der Waals surface area contributed by atoms with E-state index in [4.69, 9.17) is 11.6 Å². The summed E-state index contributed by atoms with van der Waals surface area (Å²) in [6, 6.07) is 12.0. The lowest BCUT2D eigenvalue weighted by Crippen LogP contribution is -2.37. The number of halogens is 2. The molecule has 2 N–H and O–H groups in total. The van der Waals surface area contributed by atoms with Crippen molar-refractivity contribution in [1.82, 2.24) is 10.3 Å². The molecule has 0 saturated heterocycles. The minimum atomic E-state index is -0.286. The van der Waals surface area contributed by atoms with Crippen molar-refractivity contribution in [2.75, 3.05) is 6.54 Å². The van der Waals surface area contributed by atoms with E-state index in [9.17, 15) is 9.18 Å². The van der Waals surface area contributed by atoms with Gasteiger partial charge in [0.05, 0.1) is 6.42 Å².